The van der Waals surface area contributed by atoms with Gasteiger partial charge in [-0.1, -0.05) is 90.5 Å². The molecule has 0 spiro atoms. The lowest BCUT2D eigenvalue weighted by Gasteiger charge is -2.21. The standard InChI is InChI=1S/C31H29ClN4O2S/c1-31(2,3)36-39(37,38)24-17-23(19-33-20-24)27-26-16-10-15-25(22-13-8-5-9-14-22)28(26)30(35-29(27)32)34-18-21-11-6-4-7-12-21/h4-17,19-20,36H,18H2,1-3H3,(H,34,35). The van der Waals surface area contributed by atoms with Gasteiger partial charge in [-0.3, -0.25) is 4.98 Å². The van der Waals surface area contributed by atoms with Gasteiger partial charge in [-0.15, -0.1) is 0 Å². The van der Waals surface area contributed by atoms with Crippen molar-refractivity contribution in [3.63, 3.8) is 0 Å². The maximum absolute atomic E-state index is 13.1. The van der Waals surface area contributed by atoms with Crippen molar-refractivity contribution in [2.45, 2.75) is 37.8 Å². The normalized spacial score (nSPS) is 12.0. The first-order valence-corrected chi connectivity index (χ1v) is 14.4. The molecule has 0 unspecified atom stereocenters. The molecule has 0 aliphatic heterocycles. The van der Waals surface area contributed by atoms with Gasteiger partial charge in [0.25, 0.3) is 0 Å². The fourth-order valence-corrected chi connectivity index (χ4v) is 6.25. The molecule has 2 aromatic heterocycles. The van der Waals surface area contributed by atoms with Crippen LogP contribution in [0.25, 0.3) is 33.0 Å². The molecule has 8 heteroatoms. The number of nitrogens with zero attached hydrogens (tertiary/aromatic N) is 2. The number of aromatic nitrogens is 2. The molecule has 0 amide bonds. The lowest BCUT2D eigenvalue weighted by molar-refractivity contribution is 0.491. The van der Waals surface area contributed by atoms with E-state index in [1.165, 1.54) is 6.20 Å². The Kier molecular flexibility index (Phi) is 7.40. The molecule has 2 heterocycles. The van der Waals surface area contributed by atoms with Gasteiger partial charge >= 0.3 is 0 Å². The number of rotatable bonds is 7. The summed E-state index contributed by atoms with van der Waals surface area (Å²) in [5.74, 6) is 0.646. The largest absolute Gasteiger partial charge is 0.365 e. The zero-order valence-electron chi connectivity index (χ0n) is 21.9. The second kappa shape index (κ2) is 10.8. The fraction of sp³-hybridized carbons (Fsp3) is 0.161. The van der Waals surface area contributed by atoms with Crippen LogP contribution in [-0.4, -0.2) is 23.9 Å². The van der Waals surface area contributed by atoms with E-state index in [0.29, 0.717) is 23.5 Å². The van der Waals surface area contributed by atoms with E-state index in [-0.39, 0.29) is 10.0 Å². The van der Waals surface area contributed by atoms with E-state index >= 15 is 0 Å². The van der Waals surface area contributed by atoms with Crippen LogP contribution in [0.3, 0.4) is 0 Å². The molecule has 2 N–H and O–H groups in total. The summed E-state index contributed by atoms with van der Waals surface area (Å²) in [5, 5.41) is 5.46. The van der Waals surface area contributed by atoms with Crippen LogP contribution in [0.15, 0.2) is 102 Å². The van der Waals surface area contributed by atoms with E-state index in [1.807, 2.05) is 60.7 Å². The van der Waals surface area contributed by atoms with Gasteiger partial charge in [0.2, 0.25) is 10.0 Å². The van der Waals surface area contributed by atoms with Crippen molar-refractivity contribution >= 4 is 38.2 Å². The van der Waals surface area contributed by atoms with Crippen LogP contribution in [0.4, 0.5) is 5.82 Å². The molecule has 0 aliphatic rings. The van der Waals surface area contributed by atoms with Gasteiger partial charge in [-0.05, 0) is 48.9 Å². The van der Waals surface area contributed by atoms with E-state index in [1.54, 1.807) is 33.0 Å². The molecule has 0 atom stereocenters. The van der Waals surface area contributed by atoms with Gasteiger partial charge in [-0.25, -0.2) is 18.1 Å². The minimum absolute atomic E-state index is 0.0598. The third-order valence-corrected chi connectivity index (χ3v) is 8.13. The number of sulfonamides is 1. The van der Waals surface area contributed by atoms with E-state index in [0.717, 1.165) is 27.5 Å². The maximum Gasteiger partial charge on any atom is 0.242 e. The number of halogens is 1. The molecule has 6 nitrogen and oxygen atoms in total. The third-order valence-electron chi connectivity index (χ3n) is 6.13. The highest BCUT2D eigenvalue weighted by Crippen LogP contribution is 2.42. The Hall–Kier alpha value is -3.78. The van der Waals surface area contributed by atoms with Crippen molar-refractivity contribution in [1.82, 2.24) is 14.7 Å². The molecule has 0 aliphatic carbocycles. The molecular weight excluding hydrogens is 528 g/mol. The van der Waals surface area contributed by atoms with E-state index in [9.17, 15) is 8.42 Å². The van der Waals surface area contributed by atoms with Gasteiger partial charge in [0.05, 0.1) is 0 Å². The lowest BCUT2D eigenvalue weighted by atomic mass is 9.94. The number of fused-ring (bicyclic) bond motifs is 1. The summed E-state index contributed by atoms with van der Waals surface area (Å²) in [6, 6.07) is 27.7. The average Bonchev–Trinajstić information content (AvgIpc) is 2.91. The van der Waals surface area contributed by atoms with Gasteiger partial charge in [0, 0.05) is 41.0 Å². The van der Waals surface area contributed by atoms with Crippen molar-refractivity contribution in [2.24, 2.45) is 0 Å². The Morgan fingerprint density at radius 1 is 0.846 bits per heavy atom. The molecule has 5 aromatic rings. The summed E-state index contributed by atoms with van der Waals surface area (Å²) in [4.78, 5) is 9.11. The molecule has 0 bridgehead atoms. The second-order valence-electron chi connectivity index (χ2n) is 10.3. The molecule has 5 rings (SSSR count). The third kappa shape index (κ3) is 5.96. The van der Waals surface area contributed by atoms with E-state index in [2.05, 4.69) is 33.2 Å². The maximum atomic E-state index is 13.1. The number of pyridine rings is 2. The van der Waals surface area contributed by atoms with Crippen LogP contribution in [-0.2, 0) is 16.6 Å². The van der Waals surface area contributed by atoms with Crippen molar-refractivity contribution in [3.8, 4) is 22.3 Å². The van der Waals surface area contributed by atoms with Crippen LogP contribution >= 0.6 is 11.6 Å². The Labute approximate surface area is 234 Å². The summed E-state index contributed by atoms with van der Waals surface area (Å²) in [6.45, 7) is 5.95. The SMILES string of the molecule is CC(C)(C)NS(=O)(=O)c1cncc(-c2c(Cl)nc(NCc3ccccc3)c3c(-c4ccccc4)cccc23)c1. The number of hydrogen-bond donors (Lipinski definition) is 2. The van der Waals surface area contributed by atoms with Crippen LogP contribution in [0, 0.1) is 0 Å². The highest BCUT2D eigenvalue weighted by Gasteiger charge is 2.24. The molecule has 0 radical (unpaired) electrons. The molecule has 0 saturated heterocycles. The lowest BCUT2D eigenvalue weighted by Crippen LogP contribution is -2.40. The Bertz CT molecular complexity index is 1740. The number of benzene rings is 3. The van der Waals surface area contributed by atoms with Gasteiger partial charge < -0.3 is 5.32 Å². The minimum Gasteiger partial charge on any atom is -0.365 e. The first-order valence-electron chi connectivity index (χ1n) is 12.6. The predicted octanol–water partition coefficient (Wildman–Crippen LogP) is 7.31. The van der Waals surface area contributed by atoms with Gasteiger partial charge in [-0.2, -0.15) is 0 Å². The van der Waals surface area contributed by atoms with E-state index < -0.39 is 15.6 Å². The minimum atomic E-state index is -3.80. The van der Waals surface area contributed by atoms with E-state index in [4.69, 9.17) is 16.6 Å². The number of nitrogens with one attached hydrogen (secondary N) is 2. The Morgan fingerprint density at radius 2 is 1.54 bits per heavy atom. The zero-order chi connectivity index (χ0) is 27.6. The summed E-state index contributed by atoms with van der Waals surface area (Å²) in [5.41, 5.74) is 3.67. The van der Waals surface area contributed by atoms with Crippen molar-refractivity contribution in [3.05, 3.63) is 108 Å². The second-order valence-corrected chi connectivity index (χ2v) is 12.4. The molecular formula is C31H29ClN4O2S. The highest BCUT2D eigenvalue weighted by atomic mass is 35.5. The first kappa shape index (κ1) is 26.8. The van der Waals surface area contributed by atoms with Crippen LogP contribution in [0.1, 0.15) is 26.3 Å². The predicted molar refractivity (Wildman–Crippen MR) is 159 cm³/mol. The molecule has 0 saturated carbocycles. The van der Waals surface area contributed by atoms with Crippen molar-refractivity contribution in [2.75, 3.05) is 5.32 Å². The monoisotopic (exact) mass is 556 g/mol. The Morgan fingerprint density at radius 3 is 2.23 bits per heavy atom. The quantitative estimate of drug-likeness (QED) is 0.205. The number of anilines is 1. The zero-order valence-corrected chi connectivity index (χ0v) is 23.5. The fourth-order valence-electron chi connectivity index (χ4n) is 4.54. The summed E-state index contributed by atoms with van der Waals surface area (Å²) in [7, 11) is -3.80. The molecule has 0 fully saturated rings. The molecule has 198 valence electrons. The smallest absolute Gasteiger partial charge is 0.242 e. The number of hydrogen-bond acceptors (Lipinski definition) is 5. The van der Waals surface area contributed by atoms with Gasteiger partial charge in [0.15, 0.2) is 0 Å². The van der Waals surface area contributed by atoms with Crippen molar-refractivity contribution < 1.29 is 8.42 Å². The summed E-state index contributed by atoms with van der Waals surface area (Å²) < 4.78 is 28.9. The van der Waals surface area contributed by atoms with Gasteiger partial charge in [0.1, 0.15) is 15.9 Å². The summed E-state index contributed by atoms with van der Waals surface area (Å²) in [6.07, 6.45) is 2.96. The van der Waals surface area contributed by atoms with Crippen molar-refractivity contribution in [1.29, 1.82) is 0 Å². The first-order chi connectivity index (χ1) is 18.6. The molecule has 3 aromatic carbocycles. The highest BCUT2D eigenvalue weighted by molar-refractivity contribution is 7.89. The Balaban J connectivity index is 1.70. The van der Waals surface area contributed by atoms with Crippen LogP contribution in [0.5, 0.6) is 0 Å². The molecule has 39 heavy (non-hydrogen) atoms. The summed E-state index contributed by atoms with van der Waals surface area (Å²) >= 11 is 6.85. The van der Waals surface area contributed by atoms with Crippen LogP contribution < -0.4 is 10.0 Å². The average molecular weight is 557 g/mol. The van der Waals surface area contributed by atoms with Crippen LogP contribution in [0.2, 0.25) is 5.15 Å². The topological polar surface area (TPSA) is 84.0 Å².